The van der Waals surface area contributed by atoms with Gasteiger partial charge >= 0.3 is 5.97 Å². The van der Waals surface area contributed by atoms with E-state index in [1.807, 2.05) is 5.92 Å². The standard InChI is InChI=1S/C8H11NO4/c1-3-7(10)9(4-5-13-2)6-8(11)12/h1H,4-6H2,2H3,(H,11,12). The summed E-state index contributed by atoms with van der Waals surface area (Å²) in [6, 6.07) is 0. The van der Waals surface area contributed by atoms with E-state index in [1.165, 1.54) is 7.11 Å². The number of carbonyl (C=O) groups excluding carboxylic acids is 1. The van der Waals surface area contributed by atoms with Crippen molar-refractivity contribution in [2.75, 3.05) is 26.8 Å². The summed E-state index contributed by atoms with van der Waals surface area (Å²) in [5, 5.41) is 8.42. The van der Waals surface area contributed by atoms with E-state index < -0.39 is 18.4 Å². The van der Waals surface area contributed by atoms with E-state index in [1.54, 1.807) is 0 Å². The maximum atomic E-state index is 10.9. The summed E-state index contributed by atoms with van der Waals surface area (Å²) in [7, 11) is 1.46. The molecule has 0 heterocycles. The third-order valence-corrected chi connectivity index (χ3v) is 1.30. The van der Waals surface area contributed by atoms with Gasteiger partial charge in [-0.15, -0.1) is 6.42 Å². The highest BCUT2D eigenvalue weighted by molar-refractivity contribution is 5.94. The van der Waals surface area contributed by atoms with E-state index in [2.05, 4.69) is 0 Å². The Kier molecular flexibility index (Phi) is 5.32. The number of hydrogen-bond donors (Lipinski definition) is 1. The molecule has 0 aromatic heterocycles. The van der Waals surface area contributed by atoms with Crippen LogP contribution in [0.5, 0.6) is 0 Å². The second-order valence-electron chi connectivity index (χ2n) is 2.26. The first-order valence-electron chi connectivity index (χ1n) is 3.58. The number of carbonyl (C=O) groups is 2. The monoisotopic (exact) mass is 185 g/mol. The van der Waals surface area contributed by atoms with Crippen LogP contribution in [0.25, 0.3) is 0 Å². The predicted octanol–water partition coefficient (Wildman–Crippen LogP) is -0.821. The van der Waals surface area contributed by atoms with Crippen molar-refractivity contribution in [1.82, 2.24) is 4.90 Å². The SMILES string of the molecule is C#CC(=O)N(CCOC)CC(=O)O. The van der Waals surface area contributed by atoms with E-state index in [0.29, 0.717) is 0 Å². The summed E-state index contributed by atoms with van der Waals surface area (Å²) in [6.45, 7) is 0.0545. The zero-order chi connectivity index (χ0) is 10.3. The Morgan fingerprint density at radius 2 is 2.23 bits per heavy atom. The molecule has 72 valence electrons. The molecule has 13 heavy (non-hydrogen) atoms. The molecule has 0 aromatic carbocycles. The van der Waals surface area contributed by atoms with Crippen LogP contribution in [0.3, 0.4) is 0 Å². The number of carboxylic acids is 1. The molecule has 1 N–H and O–H groups in total. The average molecular weight is 185 g/mol. The number of ether oxygens (including phenoxy) is 1. The van der Waals surface area contributed by atoms with Crippen molar-refractivity contribution in [3.8, 4) is 12.3 Å². The van der Waals surface area contributed by atoms with Crippen LogP contribution < -0.4 is 0 Å². The van der Waals surface area contributed by atoms with Crippen molar-refractivity contribution in [2.45, 2.75) is 0 Å². The summed E-state index contributed by atoms with van der Waals surface area (Å²) in [5.41, 5.74) is 0. The lowest BCUT2D eigenvalue weighted by Gasteiger charge is -2.16. The first-order chi connectivity index (χ1) is 6.11. The summed E-state index contributed by atoms with van der Waals surface area (Å²) >= 11 is 0. The second-order valence-corrected chi connectivity index (χ2v) is 2.26. The van der Waals surface area contributed by atoms with Crippen molar-refractivity contribution in [3.05, 3.63) is 0 Å². The van der Waals surface area contributed by atoms with Gasteiger partial charge in [0.25, 0.3) is 5.91 Å². The fraction of sp³-hybridized carbons (Fsp3) is 0.500. The molecule has 0 aromatic rings. The van der Waals surface area contributed by atoms with Gasteiger partial charge in [0.2, 0.25) is 0 Å². The van der Waals surface area contributed by atoms with Gasteiger partial charge in [0, 0.05) is 13.7 Å². The maximum Gasteiger partial charge on any atom is 0.323 e. The number of methoxy groups -OCH3 is 1. The molecule has 0 unspecified atom stereocenters. The molecule has 0 atom stereocenters. The van der Waals surface area contributed by atoms with E-state index in [4.69, 9.17) is 16.3 Å². The highest BCUT2D eigenvalue weighted by atomic mass is 16.5. The Labute approximate surface area is 76.3 Å². The molecule has 0 fully saturated rings. The van der Waals surface area contributed by atoms with Gasteiger partial charge in [-0.25, -0.2) is 0 Å². The summed E-state index contributed by atoms with van der Waals surface area (Å²) in [5.74, 6) is 0.111. The minimum Gasteiger partial charge on any atom is -0.480 e. The number of amides is 1. The first kappa shape index (κ1) is 11.5. The number of nitrogens with zero attached hydrogens (tertiary/aromatic N) is 1. The molecule has 0 aliphatic carbocycles. The van der Waals surface area contributed by atoms with Crippen LogP contribution in [-0.2, 0) is 14.3 Å². The van der Waals surface area contributed by atoms with Crippen LogP contribution in [0, 0.1) is 12.3 Å². The lowest BCUT2D eigenvalue weighted by Crippen LogP contribution is -2.37. The van der Waals surface area contributed by atoms with Gasteiger partial charge in [0.15, 0.2) is 0 Å². The third-order valence-electron chi connectivity index (χ3n) is 1.30. The normalized spacial score (nSPS) is 8.92. The van der Waals surface area contributed by atoms with Gasteiger partial charge < -0.3 is 14.7 Å². The van der Waals surface area contributed by atoms with Crippen LogP contribution in [0.15, 0.2) is 0 Å². The summed E-state index contributed by atoms with van der Waals surface area (Å²) in [4.78, 5) is 22.2. The second kappa shape index (κ2) is 6.03. The molecule has 0 saturated carbocycles. The highest BCUT2D eigenvalue weighted by Gasteiger charge is 2.13. The van der Waals surface area contributed by atoms with Crippen LogP contribution in [-0.4, -0.2) is 48.7 Å². The van der Waals surface area contributed by atoms with Crippen LogP contribution in [0.4, 0.5) is 0 Å². The van der Waals surface area contributed by atoms with E-state index in [-0.39, 0.29) is 13.2 Å². The average Bonchev–Trinajstić information content (AvgIpc) is 2.10. The molecule has 0 rings (SSSR count). The Morgan fingerprint density at radius 1 is 1.62 bits per heavy atom. The Balaban J connectivity index is 4.12. The molecule has 0 radical (unpaired) electrons. The molecular formula is C8H11NO4. The molecule has 0 spiro atoms. The lowest BCUT2D eigenvalue weighted by atomic mass is 10.4. The van der Waals surface area contributed by atoms with Crippen molar-refractivity contribution in [2.24, 2.45) is 0 Å². The lowest BCUT2D eigenvalue weighted by molar-refractivity contribution is -0.142. The molecular weight excluding hydrogens is 174 g/mol. The topological polar surface area (TPSA) is 66.8 Å². The Bertz CT molecular complexity index is 231. The van der Waals surface area contributed by atoms with Gasteiger partial charge in [-0.05, 0) is 5.92 Å². The number of aliphatic carboxylic acids is 1. The van der Waals surface area contributed by atoms with Crippen LogP contribution in [0.1, 0.15) is 0 Å². The quantitative estimate of drug-likeness (QED) is 0.568. The summed E-state index contributed by atoms with van der Waals surface area (Å²) in [6.07, 6.45) is 4.85. The van der Waals surface area contributed by atoms with Crippen molar-refractivity contribution in [3.63, 3.8) is 0 Å². The smallest absolute Gasteiger partial charge is 0.323 e. The zero-order valence-electron chi connectivity index (χ0n) is 7.32. The minimum absolute atomic E-state index is 0.186. The van der Waals surface area contributed by atoms with Gasteiger partial charge in [0.1, 0.15) is 6.54 Å². The van der Waals surface area contributed by atoms with E-state index in [0.717, 1.165) is 4.90 Å². The molecule has 0 aliphatic rings. The molecule has 0 saturated heterocycles. The Morgan fingerprint density at radius 3 is 2.62 bits per heavy atom. The number of rotatable bonds is 5. The van der Waals surface area contributed by atoms with Crippen LogP contribution >= 0.6 is 0 Å². The van der Waals surface area contributed by atoms with Gasteiger partial charge in [-0.3, -0.25) is 9.59 Å². The molecule has 1 amide bonds. The third kappa shape index (κ3) is 4.82. The van der Waals surface area contributed by atoms with Crippen molar-refractivity contribution < 1.29 is 19.4 Å². The van der Waals surface area contributed by atoms with Gasteiger partial charge in [0.05, 0.1) is 6.61 Å². The molecule has 0 bridgehead atoms. The highest BCUT2D eigenvalue weighted by Crippen LogP contribution is 1.89. The van der Waals surface area contributed by atoms with Crippen LogP contribution in [0.2, 0.25) is 0 Å². The van der Waals surface area contributed by atoms with E-state index >= 15 is 0 Å². The number of hydrogen-bond acceptors (Lipinski definition) is 3. The largest absolute Gasteiger partial charge is 0.480 e. The number of terminal acetylenes is 1. The van der Waals surface area contributed by atoms with Gasteiger partial charge in [-0.2, -0.15) is 0 Å². The number of carboxylic acid groups (broad SMARTS) is 1. The fourth-order valence-electron chi connectivity index (χ4n) is 0.708. The maximum absolute atomic E-state index is 10.9. The predicted molar refractivity (Wildman–Crippen MR) is 44.9 cm³/mol. The molecule has 5 heteroatoms. The van der Waals surface area contributed by atoms with Crippen molar-refractivity contribution >= 4 is 11.9 Å². The zero-order valence-corrected chi connectivity index (χ0v) is 7.32. The summed E-state index contributed by atoms with van der Waals surface area (Å²) < 4.78 is 4.69. The fourth-order valence-corrected chi connectivity index (χ4v) is 0.708. The first-order valence-corrected chi connectivity index (χ1v) is 3.58. The Hall–Kier alpha value is -1.54. The molecule has 0 aliphatic heterocycles. The molecule has 5 nitrogen and oxygen atoms in total. The van der Waals surface area contributed by atoms with Gasteiger partial charge in [-0.1, -0.05) is 0 Å². The van der Waals surface area contributed by atoms with Crippen molar-refractivity contribution in [1.29, 1.82) is 0 Å². The minimum atomic E-state index is -1.10. The van der Waals surface area contributed by atoms with E-state index in [9.17, 15) is 9.59 Å².